The monoisotopic (exact) mass is 473 g/mol. The molecule has 0 amide bonds. The van der Waals surface area contributed by atoms with Gasteiger partial charge in [0.15, 0.2) is 17.0 Å². The summed E-state index contributed by atoms with van der Waals surface area (Å²) in [7, 11) is 0. The van der Waals surface area contributed by atoms with Gasteiger partial charge in [-0.25, -0.2) is 9.37 Å². The number of rotatable bonds is 6. The van der Waals surface area contributed by atoms with Gasteiger partial charge in [-0.05, 0) is 61.9 Å². The Morgan fingerprint density at radius 1 is 1.09 bits per heavy atom. The fourth-order valence-electron chi connectivity index (χ4n) is 5.49. The number of hydrogen-bond donors (Lipinski definition) is 1. The fourth-order valence-corrected chi connectivity index (χ4v) is 5.49. The Bertz CT molecular complexity index is 1360. The van der Waals surface area contributed by atoms with Crippen LogP contribution in [-0.2, 0) is 6.54 Å². The van der Waals surface area contributed by atoms with E-state index in [0.29, 0.717) is 41.6 Å². The van der Waals surface area contributed by atoms with Crippen molar-refractivity contribution in [3.8, 4) is 17.4 Å². The Balaban J connectivity index is 1.39. The van der Waals surface area contributed by atoms with E-state index >= 15 is 0 Å². The smallest absolute Gasteiger partial charge is 0.320 e. The van der Waals surface area contributed by atoms with E-state index in [1.807, 2.05) is 11.5 Å². The molecule has 7 rings (SSSR count). The van der Waals surface area contributed by atoms with Crippen LogP contribution in [0.4, 0.5) is 10.2 Å². The van der Waals surface area contributed by atoms with Crippen molar-refractivity contribution in [3.63, 3.8) is 0 Å². The largest absolute Gasteiger partial charge is 0.464 e. The van der Waals surface area contributed by atoms with Crippen LogP contribution in [0.1, 0.15) is 36.8 Å². The zero-order chi connectivity index (χ0) is 23.9. The van der Waals surface area contributed by atoms with Crippen LogP contribution in [-0.4, -0.2) is 55.6 Å². The molecule has 3 aliphatic rings. The molecule has 2 bridgehead atoms. The number of piperidine rings is 3. The van der Waals surface area contributed by atoms with Gasteiger partial charge in [0.2, 0.25) is 0 Å². The number of nitrogens with zero attached hydrogens (tertiary/aromatic N) is 6. The van der Waals surface area contributed by atoms with Gasteiger partial charge in [0.25, 0.3) is 0 Å². The van der Waals surface area contributed by atoms with E-state index in [9.17, 15) is 4.39 Å². The minimum atomic E-state index is -0.433. The van der Waals surface area contributed by atoms with Gasteiger partial charge in [-0.2, -0.15) is 9.97 Å². The highest BCUT2D eigenvalue weighted by Crippen LogP contribution is 2.39. The first-order valence-electron chi connectivity index (χ1n) is 12.2. The second kappa shape index (κ2) is 8.88. The minimum Gasteiger partial charge on any atom is -0.464 e. The van der Waals surface area contributed by atoms with Gasteiger partial charge in [0.05, 0.1) is 19.3 Å². The maximum Gasteiger partial charge on any atom is 0.320 e. The summed E-state index contributed by atoms with van der Waals surface area (Å²) in [6.45, 7) is 6.40. The zero-order valence-corrected chi connectivity index (χ0v) is 19.7. The van der Waals surface area contributed by atoms with Crippen LogP contribution in [0, 0.1) is 11.7 Å². The summed E-state index contributed by atoms with van der Waals surface area (Å²) in [6, 6.07) is 10.4. The molecule has 1 unspecified atom stereocenters. The fraction of sp³-hybridized carbons (Fsp3) is 0.385. The number of pyridine rings is 1. The summed E-state index contributed by atoms with van der Waals surface area (Å²) in [5, 5.41) is 0. The molecule has 1 atom stereocenters. The van der Waals surface area contributed by atoms with E-state index in [1.165, 1.54) is 43.8 Å². The zero-order valence-electron chi connectivity index (χ0n) is 19.7. The lowest BCUT2D eigenvalue weighted by molar-refractivity contribution is 0.0871. The van der Waals surface area contributed by atoms with Crippen LogP contribution in [0.5, 0.6) is 6.01 Å². The lowest BCUT2D eigenvalue weighted by atomic mass is 9.75. The van der Waals surface area contributed by atoms with E-state index in [2.05, 4.69) is 49.1 Å². The molecule has 0 spiro atoms. The first-order chi connectivity index (χ1) is 17.1. The highest BCUT2D eigenvalue weighted by atomic mass is 19.1. The van der Waals surface area contributed by atoms with Crippen molar-refractivity contribution < 1.29 is 9.13 Å². The molecule has 1 aromatic carbocycles. The van der Waals surface area contributed by atoms with E-state index in [0.717, 1.165) is 18.0 Å². The molecule has 35 heavy (non-hydrogen) atoms. The van der Waals surface area contributed by atoms with Crippen molar-refractivity contribution in [2.24, 2.45) is 5.92 Å². The van der Waals surface area contributed by atoms with Gasteiger partial charge in [-0.3, -0.25) is 4.98 Å². The SMILES string of the molecule is CCOc1nc(N)c2nc(-c3cncc(F)c3)n(Cc3ccc(C4CN5CCC4CC5)cc3)c2n1. The van der Waals surface area contributed by atoms with Gasteiger partial charge in [0.1, 0.15) is 11.6 Å². The number of imidazole rings is 1. The van der Waals surface area contributed by atoms with Crippen LogP contribution < -0.4 is 10.5 Å². The number of halogens is 1. The van der Waals surface area contributed by atoms with E-state index < -0.39 is 5.82 Å². The average Bonchev–Trinajstić information content (AvgIpc) is 3.24. The Morgan fingerprint density at radius 3 is 2.57 bits per heavy atom. The molecule has 0 saturated carbocycles. The molecule has 2 N–H and O–H groups in total. The van der Waals surface area contributed by atoms with Gasteiger partial charge >= 0.3 is 6.01 Å². The number of nitrogen functional groups attached to an aromatic ring is 1. The maximum absolute atomic E-state index is 14.0. The number of ether oxygens (including phenoxy) is 1. The second-order valence-electron chi connectivity index (χ2n) is 9.40. The Hall–Kier alpha value is -3.59. The van der Waals surface area contributed by atoms with Gasteiger partial charge in [-0.1, -0.05) is 24.3 Å². The van der Waals surface area contributed by atoms with E-state index in [4.69, 9.17) is 10.5 Å². The summed E-state index contributed by atoms with van der Waals surface area (Å²) in [6.07, 6.45) is 5.35. The maximum atomic E-state index is 14.0. The number of anilines is 1. The van der Waals surface area contributed by atoms with Crippen molar-refractivity contribution >= 4 is 17.0 Å². The molecule has 3 saturated heterocycles. The van der Waals surface area contributed by atoms with Crippen molar-refractivity contribution in [3.05, 3.63) is 59.7 Å². The summed E-state index contributed by atoms with van der Waals surface area (Å²) >= 11 is 0. The van der Waals surface area contributed by atoms with Gasteiger partial charge in [-0.15, -0.1) is 0 Å². The molecule has 0 aliphatic carbocycles. The standard InChI is InChI=1S/C26H28FN7O/c1-2-35-26-31-23(28)22-25(32-26)34(24(30-22)19-11-20(27)13-29-12-19)14-16-3-5-17(6-4-16)21-15-33-9-7-18(21)8-10-33/h3-6,11-13,18,21H,2,7-10,14-15H2,1H3,(H2,28,31,32). The number of hydrogen-bond acceptors (Lipinski definition) is 7. The van der Waals surface area contributed by atoms with Crippen molar-refractivity contribution in [1.29, 1.82) is 0 Å². The summed E-state index contributed by atoms with van der Waals surface area (Å²) in [4.78, 5) is 20.1. The number of benzene rings is 1. The molecule has 0 radical (unpaired) electrons. The molecular formula is C26H28FN7O. The lowest BCUT2D eigenvalue weighted by Gasteiger charge is -2.45. The molecule has 180 valence electrons. The predicted molar refractivity (Wildman–Crippen MR) is 132 cm³/mol. The second-order valence-corrected chi connectivity index (χ2v) is 9.40. The molecule has 3 fully saturated rings. The summed E-state index contributed by atoms with van der Waals surface area (Å²) in [5.74, 6) is 1.71. The molecular weight excluding hydrogens is 445 g/mol. The van der Waals surface area contributed by atoms with Gasteiger partial charge < -0.3 is 19.9 Å². The average molecular weight is 474 g/mol. The highest BCUT2D eigenvalue weighted by Gasteiger charge is 2.34. The van der Waals surface area contributed by atoms with Crippen LogP contribution >= 0.6 is 0 Å². The Kier molecular flexibility index (Phi) is 5.56. The molecule has 3 aliphatic heterocycles. The first kappa shape index (κ1) is 21.9. The Labute approximate surface area is 203 Å². The molecule has 9 heteroatoms. The van der Waals surface area contributed by atoms with Gasteiger partial charge in [0, 0.05) is 18.3 Å². The molecule has 6 heterocycles. The molecule has 8 nitrogen and oxygen atoms in total. The predicted octanol–water partition coefficient (Wildman–Crippen LogP) is 3.87. The third-order valence-corrected chi connectivity index (χ3v) is 7.24. The lowest BCUT2D eigenvalue weighted by Crippen LogP contribution is -2.46. The van der Waals surface area contributed by atoms with Crippen LogP contribution in [0.15, 0.2) is 42.7 Å². The third kappa shape index (κ3) is 4.10. The van der Waals surface area contributed by atoms with E-state index in [1.54, 1.807) is 6.20 Å². The Morgan fingerprint density at radius 2 is 1.89 bits per heavy atom. The topological polar surface area (TPSA) is 95.0 Å². The molecule has 4 aromatic rings. The number of nitrogens with two attached hydrogens (primary N) is 1. The normalized spacial score (nSPS) is 21.5. The summed E-state index contributed by atoms with van der Waals surface area (Å²) in [5.41, 5.74) is 10.2. The quantitative estimate of drug-likeness (QED) is 0.454. The highest BCUT2D eigenvalue weighted by molar-refractivity contribution is 5.85. The summed E-state index contributed by atoms with van der Waals surface area (Å²) < 4.78 is 21.5. The van der Waals surface area contributed by atoms with E-state index in [-0.39, 0.29) is 11.8 Å². The number of aromatic nitrogens is 5. The first-order valence-corrected chi connectivity index (χ1v) is 12.2. The van der Waals surface area contributed by atoms with Crippen LogP contribution in [0.3, 0.4) is 0 Å². The van der Waals surface area contributed by atoms with Crippen LogP contribution in [0.2, 0.25) is 0 Å². The minimum absolute atomic E-state index is 0.195. The van der Waals surface area contributed by atoms with Crippen molar-refractivity contribution in [1.82, 2.24) is 29.4 Å². The van der Waals surface area contributed by atoms with Crippen LogP contribution in [0.25, 0.3) is 22.6 Å². The van der Waals surface area contributed by atoms with Crippen molar-refractivity contribution in [2.45, 2.75) is 32.2 Å². The number of fused-ring (bicyclic) bond motifs is 4. The van der Waals surface area contributed by atoms with Crippen molar-refractivity contribution in [2.75, 3.05) is 32.0 Å². The third-order valence-electron chi connectivity index (χ3n) is 7.24. The molecule has 3 aromatic heterocycles.